The molecule has 0 radical (unpaired) electrons. The first-order chi connectivity index (χ1) is 7.42. The SMILES string of the molecule is [N-]=[N+]=NCC=Cc1scc2c1OCCO2. The van der Waals surface area contributed by atoms with Crippen LogP contribution >= 0.6 is 11.3 Å². The number of nitrogens with zero attached hydrogens (tertiary/aromatic N) is 3. The van der Waals surface area contributed by atoms with Crippen molar-refractivity contribution in [3.05, 3.63) is 26.8 Å². The Morgan fingerprint density at radius 2 is 2.40 bits per heavy atom. The smallest absolute Gasteiger partial charge is 0.179 e. The summed E-state index contributed by atoms with van der Waals surface area (Å²) in [6, 6.07) is 0. The molecule has 0 amide bonds. The number of hydrogen-bond donors (Lipinski definition) is 0. The van der Waals surface area contributed by atoms with Gasteiger partial charge < -0.3 is 9.47 Å². The van der Waals surface area contributed by atoms with Crippen LogP contribution in [0.3, 0.4) is 0 Å². The van der Waals surface area contributed by atoms with E-state index in [0.717, 1.165) is 16.4 Å². The molecule has 0 aliphatic carbocycles. The fourth-order valence-electron chi connectivity index (χ4n) is 1.24. The molecule has 0 aromatic carbocycles. The summed E-state index contributed by atoms with van der Waals surface area (Å²) in [6.45, 7) is 1.54. The van der Waals surface area contributed by atoms with E-state index in [9.17, 15) is 0 Å². The summed E-state index contributed by atoms with van der Waals surface area (Å²) in [6.07, 6.45) is 3.68. The topological polar surface area (TPSA) is 67.2 Å². The van der Waals surface area contributed by atoms with E-state index < -0.39 is 0 Å². The zero-order chi connectivity index (χ0) is 10.5. The molecular weight excluding hydrogens is 214 g/mol. The highest BCUT2D eigenvalue weighted by molar-refractivity contribution is 7.11. The van der Waals surface area contributed by atoms with Crippen LogP contribution in [0.4, 0.5) is 0 Å². The van der Waals surface area contributed by atoms with Gasteiger partial charge in [0.2, 0.25) is 0 Å². The lowest BCUT2D eigenvalue weighted by Crippen LogP contribution is -2.14. The summed E-state index contributed by atoms with van der Waals surface area (Å²) in [5, 5.41) is 5.33. The second kappa shape index (κ2) is 4.72. The van der Waals surface area contributed by atoms with Gasteiger partial charge in [0.15, 0.2) is 11.5 Å². The fraction of sp³-hybridized carbons (Fsp3) is 0.333. The molecule has 1 aromatic heterocycles. The first kappa shape index (κ1) is 9.89. The Kier molecular flexibility index (Phi) is 3.11. The molecule has 0 saturated heterocycles. The van der Waals surface area contributed by atoms with Crippen LogP contribution in [0.2, 0.25) is 0 Å². The normalized spacial score (nSPS) is 13.9. The fourth-order valence-corrected chi connectivity index (χ4v) is 2.09. The van der Waals surface area contributed by atoms with Crippen molar-refractivity contribution >= 4 is 17.4 Å². The van der Waals surface area contributed by atoms with Gasteiger partial charge in [-0.05, 0) is 11.6 Å². The molecule has 0 spiro atoms. The summed E-state index contributed by atoms with van der Waals surface area (Å²) in [5.74, 6) is 1.60. The van der Waals surface area contributed by atoms with Gasteiger partial charge in [0.05, 0.1) is 4.88 Å². The van der Waals surface area contributed by atoms with Crippen molar-refractivity contribution in [1.29, 1.82) is 0 Å². The van der Waals surface area contributed by atoms with Crippen LogP contribution in [0.25, 0.3) is 16.5 Å². The molecule has 15 heavy (non-hydrogen) atoms. The second-order valence-corrected chi connectivity index (χ2v) is 3.72. The number of hydrogen-bond acceptors (Lipinski definition) is 4. The van der Waals surface area contributed by atoms with Crippen molar-refractivity contribution in [1.82, 2.24) is 0 Å². The van der Waals surface area contributed by atoms with Gasteiger partial charge >= 0.3 is 0 Å². The van der Waals surface area contributed by atoms with Crippen LogP contribution in [0.1, 0.15) is 4.88 Å². The molecule has 0 atom stereocenters. The minimum Gasteiger partial charge on any atom is -0.485 e. The number of fused-ring (bicyclic) bond motifs is 1. The van der Waals surface area contributed by atoms with Crippen LogP contribution in [-0.2, 0) is 0 Å². The Hall–Kier alpha value is -1.65. The third kappa shape index (κ3) is 2.23. The van der Waals surface area contributed by atoms with Crippen molar-refractivity contribution in [2.45, 2.75) is 0 Å². The lowest BCUT2D eigenvalue weighted by atomic mass is 10.3. The maximum Gasteiger partial charge on any atom is 0.179 e. The molecule has 1 aliphatic heterocycles. The predicted molar refractivity (Wildman–Crippen MR) is 58.4 cm³/mol. The summed E-state index contributed by atoms with van der Waals surface area (Å²) in [7, 11) is 0. The lowest BCUT2D eigenvalue weighted by Gasteiger charge is -2.15. The molecule has 0 N–H and O–H groups in total. The third-order valence-corrected chi connectivity index (χ3v) is 2.75. The van der Waals surface area contributed by atoms with Crippen molar-refractivity contribution in [2.24, 2.45) is 5.11 Å². The Labute approximate surface area is 90.6 Å². The Balaban J connectivity index is 2.11. The first-order valence-corrected chi connectivity index (χ1v) is 5.34. The molecule has 0 saturated carbocycles. The Morgan fingerprint density at radius 1 is 1.53 bits per heavy atom. The molecule has 5 nitrogen and oxygen atoms in total. The lowest BCUT2D eigenvalue weighted by molar-refractivity contribution is 0.173. The van der Waals surface area contributed by atoms with Gasteiger partial charge in [-0.2, -0.15) is 0 Å². The second-order valence-electron chi connectivity index (χ2n) is 2.81. The number of rotatable bonds is 3. The minimum atomic E-state index is 0.351. The molecule has 0 bridgehead atoms. The molecule has 78 valence electrons. The first-order valence-electron chi connectivity index (χ1n) is 4.46. The van der Waals surface area contributed by atoms with Crippen LogP contribution in [0.15, 0.2) is 16.6 Å². The number of ether oxygens (including phenoxy) is 2. The van der Waals surface area contributed by atoms with Gasteiger partial charge in [0.1, 0.15) is 13.2 Å². The maximum absolute atomic E-state index is 8.10. The van der Waals surface area contributed by atoms with Gasteiger partial charge in [-0.15, -0.1) is 11.3 Å². The highest BCUT2D eigenvalue weighted by Crippen LogP contribution is 2.39. The van der Waals surface area contributed by atoms with E-state index in [-0.39, 0.29) is 0 Å². The van der Waals surface area contributed by atoms with Gasteiger partial charge in [-0.25, -0.2) is 0 Å². The summed E-state index contributed by atoms with van der Waals surface area (Å²) in [5.41, 5.74) is 8.10. The van der Waals surface area contributed by atoms with Crippen LogP contribution in [0.5, 0.6) is 11.5 Å². The van der Waals surface area contributed by atoms with E-state index in [4.69, 9.17) is 15.0 Å². The van der Waals surface area contributed by atoms with Gasteiger partial charge in [-0.1, -0.05) is 11.2 Å². The molecular formula is C9H9N3O2S. The monoisotopic (exact) mass is 223 g/mol. The summed E-state index contributed by atoms with van der Waals surface area (Å²) in [4.78, 5) is 3.66. The average Bonchev–Trinajstić information content (AvgIpc) is 2.68. The molecule has 0 unspecified atom stereocenters. The van der Waals surface area contributed by atoms with Crippen LogP contribution in [0, 0.1) is 0 Å². The molecule has 6 heteroatoms. The zero-order valence-electron chi connectivity index (χ0n) is 7.92. The average molecular weight is 223 g/mol. The standard InChI is InChI=1S/C9H9N3O2S/c10-12-11-3-1-2-8-9-7(6-15-8)13-4-5-14-9/h1-2,6H,3-5H2. The minimum absolute atomic E-state index is 0.351. The molecule has 2 heterocycles. The molecule has 2 rings (SSSR count). The quantitative estimate of drug-likeness (QED) is 0.449. The van der Waals surface area contributed by atoms with E-state index in [1.165, 1.54) is 0 Å². The molecule has 1 aromatic rings. The van der Waals surface area contributed by atoms with E-state index in [1.807, 2.05) is 11.5 Å². The van der Waals surface area contributed by atoms with Gasteiger partial charge in [0.25, 0.3) is 0 Å². The Bertz CT molecular complexity index is 421. The van der Waals surface area contributed by atoms with Crippen molar-refractivity contribution in [3.8, 4) is 11.5 Å². The Morgan fingerprint density at radius 3 is 3.27 bits per heavy atom. The zero-order valence-corrected chi connectivity index (χ0v) is 8.74. The van der Waals surface area contributed by atoms with Crippen molar-refractivity contribution in [2.75, 3.05) is 19.8 Å². The predicted octanol–water partition coefficient (Wildman–Crippen LogP) is 2.84. The number of thiophene rings is 1. The highest BCUT2D eigenvalue weighted by Gasteiger charge is 2.16. The molecule has 1 aliphatic rings. The third-order valence-electron chi connectivity index (χ3n) is 1.85. The summed E-state index contributed by atoms with van der Waals surface area (Å²) >= 11 is 1.55. The van der Waals surface area contributed by atoms with Gasteiger partial charge in [-0.3, -0.25) is 0 Å². The highest BCUT2D eigenvalue weighted by atomic mass is 32.1. The number of azide groups is 1. The van der Waals surface area contributed by atoms with Crippen LogP contribution in [-0.4, -0.2) is 19.8 Å². The van der Waals surface area contributed by atoms with E-state index in [2.05, 4.69) is 10.0 Å². The van der Waals surface area contributed by atoms with E-state index in [0.29, 0.717) is 19.8 Å². The van der Waals surface area contributed by atoms with Crippen molar-refractivity contribution in [3.63, 3.8) is 0 Å². The van der Waals surface area contributed by atoms with Crippen molar-refractivity contribution < 1.29 is 9.47 Å². The summed E-state index contributed by atoms with van der Waals surface area (Å²) < 4.78 is 10.9. The largest absolute Gasteiger partial charge is 0.485 e. The van der Waals surface area contributed by atoms with E-state index >= 15 is 0 Å². The maximum atomic E-state index is 8.10. The van der Waals surface area contributed by atoms with E-state index in [1.54, 1.807) is 17.4 Å². The van der Waals surface area contributed by atoms with Crippen LogP contribution < -0.4 is 9.47 Å². The van der Waals surface area contributed by atoms with Gasteiger partial charge in [0, 0.05) is 16.8 Å². The molecule has 0 fully saturated rings.